The van der Waals surface area contributed by atoms with Gasteiger partial charge >= 0.3 is 6.03 Å². The first-order valence-corrected chi connectivity index (χ1v) is 8.99. The molecule has 3 rings (SSSR count). The highest BCUT2D eigenvalue weighted by Gasteiger charge is 2.27. The minimum atomic E-state index is -0.441. The number of urea groups is 1. The van der Waals surface area contributed by atoms with Crippen LogP contribution in [0.4, 0.5) is 4.79 Å². The summed E-state index contributed by atoms with van der Waals surface area (Å²) in [6, 6.07) is 10.3. The largest absolute Gasteiger partial charge is 0.393 e. The van der Waals surface area contributed by atoms with Crippen molar-refractivity contribution in [2.24, 2.45) is 0 Å². The number of para-hydroxylation sites is 1. The van der Waals surface area contributed by atoms with Gasteiger partial charge in [0.1, 0.15) is 0 Å². The molecule has 0 bridgehead atoms. The third kappa shape index (κ3) is 4.52. The molecule has 1 aromatic heterocycles. The minimum Gasteiger partial charge on any atom is -0.393 e. The highest BCUT2D eigenvalue weighted by atomic mass is 16.5. The lowest BCUT2D eigenvalue weighted by atomic mass is 10.1. The third-order valence-electron chi connectivity index (χ3n) is 4.63. The van der Waals surface area contributed by atoms with Gasteiger partial charge in [-0.15, -0.1) is 0 Å². The Balaban J connectivity index is 1.47. The molecule has 1 aliphatic rings. The number of fused-ring (bicyclic) bond motifs is 1. The number of nitrogens with zero attached hydrogens (tertiary/aromatic N) is 2. The Labute approximate surface area is 148 Å². The Morgan fingerprint density at radius 1 is 1.40 bits per heavy atom. The van der Waals surface area contributed by atoms with Gasteiger partial charge in [0.05, 0.1) is 25.4 Å². The van der Waals surface area contributed by atoms with Crippen molar-refractivity contribution in [3.63, 3.8) is 0 Å². The summed E-state index contributed by atoms with van der Waals surface area (Å²) in [7, 11) is 0. The van der Waals surface area contributed by atoms with Gasteiger partial charge in [-0.1, -0.05) is 18.2 Å². The van der Waals surface area contributed by atoms with E-state index in [1.807, 2.05) is 12.1 Å². The lowest BCUT2D eigenvalue weighted by molar-refractivity contribution is -0.00429. The van der Waals surface area contributed by atoms with Gasteiger partial charge in [-0.2, -0.15) is 0 Å². The topological polar surface area (TPSA) is 66.7 Å². The molecule has 6 nitrogen and oxygen atoms in total. The van der Waals surface area contributed by atoms with E-state index < -0.39 is 6.10 Å². The monoisotopic (exact) mass is 345 g/mol. The number of aryl methyl sites for hydroxylation is 1. The van der Waals surface area contributed by atoms with Crippen LogP contribution in [-0.4, -0.2) is 59.1 Å². The average Bonchev–Trinajstić information content (AvgIpc) is 3.02. The molecular formula is C19H27N3O3. The Kier molecular flexibility index (Phi) is 5.94. The highest BCUT2D eigenvalue weighted by Crippen LogP contribution is 2.15. The standard InChI is InChI=1S/C19H27N3O3/c1-15(23)13-17-14-25-12-11-22(17)19(24)20-8-4-9-21-10-7-16-5-2-3-6-18(16)21/h2-3,5-7,10,15,17,23H,4,8-9,11-14H2,1H3,(H,20,24)/t15-,17+/m1/s1. The van der Waals surface area contributed by atoms with E-state index in [0.29, 0.717) is 32.7 Å². The molecule has 0 radical (unpaired) electrons. The Bertz CT molecular complexity index is 698. The van der Waals surface area contributed by atoms with Crippen LogP contribution in [0.3, 0.4) is 0 Å². The summed E-state index contributed by atoms with van der Waals surface area (Å²) in [5.41, 5.74) is 1.22. The molecule has 0 spiro atoms. The number of nitrogens with one attached hydrogen (secondary N) is 1. The number of benzene rings is 1. The summed E-state index contributed by atoms with van der Waals surface area (Å²) in [5, 5.41) is 13.8. The molecule has 1 saturated heterocycles. The van der Waals surface area contributed by atoms with Crippen LogP contribution < -0.4 is 5.32 Å². The lowest BCUT2D eigenvalue weighted by Crippen LogP contribution is -2.53. The number of hydrogen-bond acceptors (Lipinski definition) is 3. The summed E-state index contributed by atoms with van der Waals surface area (Å²) in [6.07, 6.45) is 3.06. The van der Waals surface area contributed by atoms with Gasteiger partial charge in [0, 0.05) is 31.3 Å². The number of carbonyl (C=O) groups excluding carboxylic acids is 1. The lowest BCUT2D eigenvalue weighted by Gasteiger charge is -2.36. The predicted molar refractivity (Wildman–Crippen MR) is 97.6 cm³/mol. The number of amides is 2. The maximum absolute atomic E-state index is 12.4. The molecule has 2 atom stereocenters. The fourth-order valence-electron chi connectivity index (χ4n) is 3.39. The van der Waals surface area contributed by atoms with Crippen LogP contribution in [-0.2, 0) is 11.3 Å². The molecule has 2 heterocycles. The van der Waals surface area contributed by atoms with Crippen LogP contribution in [0, 0.1) is 0 Å². The number of aliphatic hydroxyl groups is 1. The molecule has 136 valence electrons. The first kappa shape index (κ1) is 17.8. The van der Waals surface area contributed by atoms with E-state index in [1.165, 1.54) is 10.9 Å². The smallest absolute Gasteiger partial charge is 0.317 e. The van der Waals surface area contributed by atoms with Crippen LogP contribution in [0.1, 0.15) is 19.8 Å². The maximum Gasteiger partial charge on any atom is 0.317 e. The number of morpholine rings is 1. The van der Waals surface area contributed by atoms with E-state index >= 15 is 0 Å². The van der Waals surface area contributed by atoms with E-state index in [4.69, 9.17) is 4.74 Å². The van der Waals surface area contributed by atoms with Gasteiger partial charge < -0.3 is 24.6 Å². The van der Waals surface area contributed by atoms with E-state index in [2.05, 4.69) is 34.3 Å². The molecule has 1 aromatic carbocycles. The van der Waals surface area contributed by atoms with Crippen molar-refractivity contribution >= 4 is 16.9 Å². The summed E-state index contributed by atoms with van der Waals surface area (Å²) in [4.78, 5) is 14.2. The van der Waals surface area contributed by atoms with E-state index in [-0.39, 0.29) is 12.1 Å². The zero-order chi connectivity index (χ0) is 17.6. The van der Waals surface area contributed by atoms with Gasteiger partial charge in [0.15, 0.2) is 0 Å². The van der Waals surface area contributed by atoms with Gasteiger partial charge in [0.25, 0.3) is 0 Å². The summed E-state index contributed by atoms with van der Waals surface area (Å²) in [6.45, 7) is 4.86. The molecule has 2 N–H and O–H groups in total. The van der Waals surface area contributed by atoms with Crippen molar-refractivity contribution in [2.45, 2.75) is 38.5 Å². The SMILES string of the molecule is C[C@@H](O)C[C@H]1COCCN1C(=O)NCCCn1ccc2ccccc21. The quantitative estimate of drug-likeness (QED) is 0.789. The molecule has 0 unspecified atom stereocenters. The number of ether oxygens (including phenoxy) is 1. The molecule has 0 aliphatic carbocycles. The Hall–Kier alpha value is -2.05. The predicted octanol–water partition coefficient (Wildman–Crippen LogP) is 2.21. The molecule has 1 fully saturated rings. The van der Waals surface area contributed by atoms with E-state index in [9.17, 15) is 9.90 Å². The second kappa shape index (κ2) is 8.36. The summed E-state index contributed by atoms with van der Waals surface area (Å²) < 4.78 is 7.66. The van der Waals surface area contributed by atoms with E-state index in [1.54, 1.807) is 11.8 Å². The zero-order valence-corrected chi connectivity index (χ0v) is 14.7. The van der Waals surface area contributed by atoms with Crippen molar-refractivity contribution in [2.75, 3.05) is 26.3 Å². The van der Waals surface area contributed by atoms with Gasteiger partial charge in [-0.25, -0.2) is 4.79 Å². The highest BCUT2D eigenvalue weighted by molar-refractivity contribution is 5.79. The zero-order valence-electron chi connectivity index (χ0n) is 14.7. The van der Waals surface area contributed by atoms with Gasteiger partial charge in [-0.3, -0.25) is 0 Å². The molecule has 2 amide bonds. The van der Waals surface area contributed by atoms with Crippen LogP contribution in [0.5, 0.6) is 0 Å². The summed E-state index contributed by atoms with van der Waals surface area (Å²) >= 11 is 0. The second-order valence-electron chi connectivity index (χ2n) is 6.66. The Morgan fingerprint density at radius 3 is 3.08 bits per heavy atom. The van der Waals surface area contributed by atoms with Crippen molar-refractivity contribution in [1.29, 1.82) is 0 Å². The molecular weight excluding hydrogens is 318 g/mol. The first-order valence-electron chi connectivity index (χ1n) is 8.99. The number of carbonyl (C=O) groups is 1. The van der Waals surface area contributed by atoms with Crippen LogP contribution in [0.25, 0.3) is 10.9 Å². The summed E-state index contributed by atoms with van der Waals surface area (Å²) in [5.74, 6) is 0. The third-order valence-corrected chi connectivity index (χ3v) is 4.63. The molecule has 6 heteroatoms. The second-order valence-corrected chi connectivity index (χ2v) is 6.66. The average molecular weight is 345 g/mol. The fourth-order valence-corrected chi connectivity index (χ4v) is 3.39. The molecule has 1 aliphatic heterocycles. The van der Waals surface area contributed by atoms with Crippen LogP contribution >= 0.6 is 0 Å². The van der Waals surface area contributed by atoms with Crippen LogP contribution in [0.2, 0.25) is 0 Å². The van der Waals surface area contributed by atoms with Crippen molar-refractivity contribution in [1.82, 2.24) is 14.8 Å². The maximum atomic E-state index is 12.4. The normalized spacial score (nSPS) is 19.1. The number of aliphatic hydroxyl groups excluding tert-OH is 1. The molecule has 0 saturated carbocycles. The van der Waals surface area contributed by atoms with E-state index in [0.717, 1.165) is 13.0 Å². The van der Waals surface area contributed by atoms with Crippen LogP contribution in [0.15, 0.2) is 36.5 Å². The van der Waals surface area contributed by atoms with Crippen molar-refractivity contribution in [3.05, 3.63) is 36.5 Å². The first-order chi connectivity index (χ1) is 12.1. The van der Waals surface area contributed by atoms with Crippen molar-refractivity contribution in [3.8, 4) is 0 Å². The number of hydrogen-bond donors (Lipinski definition) is 2. The Morgan fingerprint density at radius 2 is 2.24 bits per heavy atom. The van der Waals surface area contributed by atoms with Gasteiger partial charge in [0.2, 0.25) is 0 Å². The van der Waals surface area contributed by atoms with Gasteiger partial charge in [-0.05, 0) is 37.3 Å². The fraction of sp³-hybridized carbons (Fsp3) is 0.526. The molecule has 2 aromatic rings. The molecule has 25 heavy (non-hydrogen) atoms. The van der Waals surface area contributed by atoms with Crippen molar-refractivity contribution < 1.29 is 14.6 Å². The number of rotatable bonds is 6. The minimum absolute atomic E-state index is 0.0536. The number of aromatic nitrogens is 1.